The number of rotatable bonds is 11. The van der Waals surface area contributed by atoms with Crippen molar-refractivity contribution in [3.05, 3.63) is 89.0 Å². The molecule has 6 heterocycles. The fourth-order valence-electron chi connectivity index (χ4n) is 7.83. The average Bonchev–Trinajstić information content (AvgIpc) is 3.66. The van der Waals surface area contributed by atoms with Crippen LogP contribution in [0.2, 0.25) is 0 Å². The number of fused-ring (bicyclic) bond motifs is 2. The van der Waals surface area contributed by atoms with Crippen LogP contribution >= 0.6 is 0 Å². The normalized spacial score (nSPS) is 17.8. The molecule has 8 rings (SSSR count). The fourth-order valence-corrected chi connectivity index (χ4v) is 7.83. The molecule has 2 fully saturated rings. The van der Waals surface area contributed by atoms with Gasteiger partial charge in [0.15, 0.2) is 11.6 Å². The number of hydrogen-bond donors (Lipinski definition) is 3. The number of piperazine rings is 1. The summed E-state index contributed by atoms with van der Waals surface area (Å²) in [5.74, 6) is -2.09. The van der Waals surface area contributed by atoms with E-state index in [1.807, 2.05) is 37.5 Å². The van der Waals surface area contributed by atoms with Gasteiger partial charge in [0.05, 0.1) is 22.8 Å². The topological polar surface area (TPSA) is 171 Å². The summed E-state index contributed by atoms with van der Waals surface area (Å²) in [5.41, 5.74) is 3.07. The van der Waals surface area contributed by atoms with Crippen molar-refractivity contribution in [2.45, 2.75) is 52.2 Å². The van der Waals surface area contributed by atoms with Crippen LogP contribution in [-0.2, 0) is 16.1 Å². The second-order valence-electron chi connectivity index (χ2n) is 14.7. The Labute approximate surface area is 326 Å². The van der Waals surface area contributed by atoms with Crippen molar-refractivity contribution in [2.24, 2.45) is 0 Å². The summed E-state index contributed by atoms with van der Waals surface area (Å²) in [6.45, 7) is 11.1. The summed E-state index contributed by atoms with van der Waals surface area (Å²) >= 11 is 0. The van der Waals surface area contributed by atoms with Gasteiger partial charge in [-0.2, -0.15) is 0 Å². The number of imidazole rings is 1. The lowest BCUT2D eigenvalue weighted by atomic mass is 10.0. The lowest BCUT2D eigenvalue weighted by molar-refractivity contribution is -0.136. The Morgan fingerprint density at radius 1 is 0.912 bits per heavy atom. The smallest absolute Gasteiger partial charge is 0.264 e. The summed E-state index contributed by atoms with van der Waals surface area (Å²) < 4.78 is 32.0. The van der Waals surface area contributed by atoms with Gasteiger partial charge >= 0.3 is 0 Å². The van der Waals surface area contributed by atoms with Gasteiger partial charge < -0.3 is 15.2 Å². The number of carbonyl (C=O) groups is 4. The van der Waals surface area contributed by atoms with Gasteiger partial charge in [-0.15, -0.1) is 0 Å². The van der Waals surface area contributed by atoms with E-state index in [2.05, 4.69) is 45.7 Å². The molecule has 0 saturated carbocycles. The summed E-state index contributed by atoms with van der Waals surface area (Å²) in [6.07, 6.45) is 3.00. The summed E-state index contributed by atoms with van der Waals surface area (Å²) in [6, 6.07) is 10.8. The molecule has 0 spiro atoms. The van der Waals surface area contributed by atoms with Crippen molar-refractivity contribution < 1.29 is 28.0 Å². The van der Waals surface area contributed by atoms with Crippen LogP contribution in [0.3, 0.4) is 0 Å². The Morgan fingerprint density at radius 2 is 1.70 bits per heavy atom. The van der Waals surface area contributed by atoms with Crippen LogP contribution in [0.1, 0.15) is 64.8 Å². The largest absolute Gasteiger partial charge is 0.383 e. The zero-order valence-electron chi connectivity index (χ0n) is 31.7. The molecule has 3 aromatic heterocycles. The third-order valence-electron chi connectivity index (χ3n) is 10.6. The highest BCUT2D eigenvalue weighted by Crippen LogP contribution is 2.33. The molecular weight excluding hydrogens is 737 g/mol. The van der Waals surface area contributed by atoms with Crippen LogP contribution in [0, 0.1) is 18.6 Å². The van der Waals surface area contributed by atoms with Gasteiger partial charge in [-0.3, -0.25) is 39.2 Å². The van der Waals surface area contributed by atoms with Gasteiger partial charge in [-0.25, -0.2) is 28.7 Å². The molecule has 1 atom stereocenters. The number of amides is 4. The number of benzene rings is 2. The van der Waals surface area contributed by atoms with E-state index in [1.165, 1.54) is 6.07 Å². The maximum absolute atomic E-state index is 15.1. The molecule has 1 unspecified atom stereocenters. The molecule has 5 aromatic rings. The lowest BCUT2D eigenvalue weighted by Gasteiger charge is -2.34. The molecule has 0 bridgehead atoms. The van der Waals surface area contributed by atoms with E-state index in [0.29, 0.717) is 35.9 Å². The Morgan fingerprint density at radius 3 is 2.44 bits per heavy atom. The van der Waals surface area contributed by atoms with E-state index in [-0.39, 0.29) is 52.7 Å². The van der Waals surface area contributed by atoms with Crippen LogP contribution in [0.25, 0.3) is 22.3 Å². The third kappa shape index (κ3) is 7.42. The van der Waals surface area contributed by atoms with Crippen LogP contribution < -0.4 is 16.0 Å². The van der Waals surface area contributed by atoms with Crippen LogP contribution in [0.5, 0.6) is 0 Å². The minimum atomic E-state index is -1.01. The van der Waals surface area contributed by atoms with Crippen molar-refractivity contribution in [2.75, 3.05) is 49.9 Å². The van der Waals surface area contributed by atoms with Crippen molar-refractivity contribution in [3.63, 3.8) is 0 Å². The molecule has 4 amide bonds. The lowest BCUT2D eigenvalue weighted by Crippen LogP contribution is -2.54. The minimum absolute atomic E-state index is 0.0287. The van der Waals surface area contributed by atoms with Gasteiger partial charge in [0.2, 0.25) is 17.8 Å². The highest BCUT2D eigenvalue weighted by atomic mass is 19.1. The molecule has 3 N–H and O–H groups in total. The zero-order chi connectivity index (χ0) is 40.0. The highest BCUT2D eigenvalue weighted by Gasteiger charge is 2.45. The molecule has 57 heavy (non-hydrogen) atoms. The summed E-state index contributed by atoms with van der Waals surface area (Å²) in [7, 11) is 0. The minimum Gasteiger partial charge on any atom is -0.383 e. The van der Waals surface area contributed by atoms with E-state index >= 15 is 8.78 Å². The number of carbonyl (C=O) groups excluding carboxylic acids is 4. The van der Waals surface area contributed by atoms with Crippen molar-refractivity contribution in [1.29, 1.82) is 0 Å². The van der Waals surface area contributed by atoms with Crippen molar-refractivity contribution >= 4 is 52.1 Å². The number of anilines is 3. The number of hydrogen-bond acceptors (Lipinski definition) is 12. The molecule has 3 aliphatic rings. The molecule has 17 heteroatoms. The van der Waals surface area contributed by atoms with E-state index in [1.54, 1.807) is 30.5 Å². The SMILES string of the molecule is Cc1nc2c(F)cc(-c3nc(Nc4ccc(CN5CCN(CCNc6cccc7c6C(=O)N(C6CCC(=O)NC6=O)C7=O)CC5)cn4)ncc3F)cc2n1C(C)C. The molecule has 294 valence electrons. The summed E-state index contributed by atoms with van der Waals surface area (Å²) in [4.78, 5) is 73.6. The second kappa shape index (κ2) is 15.4. The van der Waals surface area contributed by atoms with Gasteiger partial charge in [0, 0.05) is 75.7 Å². The number of pyridine rings is 1. The van der Waals surface area contributed by atoms with E-state index in [4.69, 9.17) is 0 Å². The monoisotopic (exact) mass is 777 g/mol. The molecule has 3 aliphatic heterocycles. The first kappa shape index (κ1) is 37.7. The van der Waals surface area contributed by atoms with Gasteiger partial charge in [0.25, 0.3) is 11.8 Å². The predicted octanol–water partition coefficient (Wildman–Crippen LogP) is 4.43. The van der Waals surface area contributed by atoms with E-state index in [0.717, 1.165) is 49.4 Å². The molecule has 0 aliphatic carbocycles. The quantitative estimate of drug-likeness (QED) is 0.162. The van der Waals surface area contributed by atoms with Gasteiger partial charge in [-0.1, -0.05) is 12.1 Å². The maximum Gasteiger partial charge on any atom is 0.264 e. The molecule has 2 saturated heterocycles. The zero-order valence-corrected chi connectivity index (χ0v) is 31.7. The third-order valence-corrected chi connectivity index (χ3v) is 10.6. The van der Waals surface area contributed by atoms with E-state index in [9.17, 15) is 19.2 Å². The average molecular weight is 778 g/mol. The standard InChI is InChI=1S/C40H41F2N11O4/c1-22(2)52-23(3)46-36-27(41)17-25(18-31(36)52)35-28(42)20-45-40(49-35)47-32-9-7-24(19-44-32)21-51-15-13-50(14-16-51)12-11-43-29-6-4-5-26-34(29)39(57)53(38(26)56)30-8-10-33(54)48-37(30)55/h4-7,9,17-20,22,30,43H,8,10-16,21H2,1-3H3,(H,48,54,55)(H,44,45,47,49). The second-order valence-corrected chi connectivity index (χ2v) is 14.7. The van der Waals surface area contributed by atoms with Crippen molar-refractivity contribution in [1.82, 2.24) is 44.5 Å². The fraction of sp³-hybridized carbons (Fsp3) is 0.350. The number of aromatic nitrogens is 5. The Hall–Kier alpha value is -6.20. The predicted molar refractivity (Wildman–Crippen MR) is 207 cm³/mol. The first-order valence-corrected chi connectivity index (χ1v) is 18.9. The number of nitrogens with zero attached hydrogens (tertiary/aromatic N) is 8. The molecular formula is C40H41F2N11O4. The van der Waals surface area contributed by atoms with Gasteiger partial charge in [-0.05, 0) is 63.1 Å². The van der Waals surface area contributed by atoms with Crippen LogP contribution in [0.4, 0.5) is 26.2 Å². The van der Waals surface area contributed by atoms with E-state index < -0.39 is 41.3 Å². The number of nitrogens with one attached hydrogen (secondary N) is 3. The Balaban J connectivity index is 0.831. The van der Waals surface area contributed by atoms with Crippen LogP contribution in [0.15, 0.2) is 54.9 Å². The molecule has 0 radical (unpaired) electrons. The Bertz CT molecular complexity index is 2410. The number of piperidine rings is 1. The van der Waals surface area contributed by atoms with Crippen LogP contribution in [-0.4, -0.2) is 108 Å². The number of halogens is 2. The number of imide groups is 2. The highest BCUT2D eigenvalue weighted by molar-refractivity contribution is 6.25. The molecule has 15 nitrogen and oxygen atoms in total. The number of aryl methyl sites for hydroxylation is 1. The van der Waals surface area contributed by atoms with Crippen molar-refractivity contribution in [3.8, 4) is 11.3 Å². The molecule has 2 aromatic carbocycles. The maximum atomic E-state index is 15.1. The Kier molecular flexibility index (Phi) is 10.2. The summed E-state index contributed by atoms with van der Waals surface area (Å²) in [5, 5.41) is 8.57. The first-order valence-electron chi connectivity index (χ1n) is 18.9. The first-order chi connectivity index (χ1) is 27.4. The van der Waals surface area contributed by atoms with Gasteiger partial charge in [0.1, 0.15) is 28.9 Å².